The lowest BCUT2D eigenvalue weighted by atomic mass is 9.78. The third-order valence-corrected chi connectivity index (χ3v) is 5.13. The van der Waals surface area contributed by atoms with Crippen molar-refractivity contribution in [2.75, 3.05) is 27.4 Å². The van der Waals surface area contributed by atoms with Gasteiger partial charge in [-0.15, -0.1) is 0 Å². The molecule has 2 saturated heterocycles. The number of halogens is 2. The Morgan fingerprint density at radius 1 is 1.62 bits per heavy atom. The molecule has 0 unspecified atom stereocenters. The molecule has 3 atom stereocenters. The molecule has 130 valence electrons. The SMILES string of the molecule is C=CN1OC[C@@H]2[C@@H](C(=O)N(C)OC)OC[C@@]21c1cc(Br)ccc1F. The van der Waals surface area contributed by atoms with E-state index in [9.17, 15) is 9.18 Å². The maximum atomic E-state index is 14.6. The molecule has 2 heterocycles. The number of rotatable bonds is 4. The van der Waals surface area contributed by atoms with Crippen LogP contribution in [-0.4, -0.2) is 49.5 Å². The van der Waals surface area contributed by atoms with Gasteiger partial charge in [-0.25, -0.2) is 14.5 Å². The number of carbonyl (C=O) groups is 1. The van der Waals surface area contributed by atoms with Gasteiger partial charge in [-0.3, -0.25) is 14.5 Å². The number of hydrogen-bond donors (Lipinski definition) is 0. The molecule has 1 aromatic rings. The minimum atomic E-state index is -0.954. The van der Waals surface area contributed by atoms with E-state index in [1.807, 2.05) is 0 Å². The fourth-order valence-electron chi connectivity index (χ4n) is 3.37. The lowest BCUT2D eigenvalue weighted by Gasteiger charge is -2.35. The molecule has 0 saturated carbocycles. The molecule has 0 bridgehead atoms. The number of fused-ring (bicyclic) bond motifs is 1. The highest BCUT2D eigenvalue weighted by atomic mass is 79.9. The van der Waals surface area contributed by atoms with E-state index >= 15 is 0 Å². The highest BCUT2D eigenvalue weighted by molar-refractivity contribution is 9.10. The second kappa shape index (κ2) is 6.44. The van der Waals surface area contributed by atoms with Gasteiger partial charge in [0.05, 0.1) is 26.2 Å². The van der Waals surface area contributed by atoms with Gasteiger partial charge in [-0.1, -0.05) is 22.5 Å². The van der Waals surface area contributed by atoms with Crippen LogP contribution in [0, 0.1) is 11.7 Å². The quantitative estimate of drug-likeness (QED) is 0.725. The van der Waals surface area contributed by atoms with Crippen LogP contribution in [0.3, 0.4) is 0 Å². The number of hydrogen-bond acceptors (Lipinski definition) is 5. The van der Waals surface area contributed by atoms with E-state index < -0.39 is 23.4 Å². The van der Waals surface area contributed by atoms with E-state index in [1.54, 1.807) is 12.1 Å². The summed E-state index contributed by atoms with van der Waals surface area (Å²) in [5.74, 6) is -1.13. The Labute approximate surface area is 147 Å². The summed E-state index contributed by atoms with van der Waals surface area (Å²) in [5.41, 5.74) is -0.556. The number of hydroxylamine groups is 4. The summed E-state index contributed by atoms with van der Waals surface area (Å²) < 4.78 is 21.1. The first kappa shape index (κ1) is 17.3. The lowest BCUT2D eigenvalue weighted by Crippen LogP contribution is -2.46. The monoisotopic (exact) mass is 400 g/mol. The van der Waals surface area contributed by atoms with Crippen molar-refractivity contribution < 1.29 is 23.6 Å². The van der Waals surface area contributed by atoms with Crippen molar-refractivity contribution in [1.82, 2.24) is 10.1 Å². The normalized spacial score (nSPS) is 28.8. The maximum Gasteiger partial charge on any atom is 0.275 e. The molecule has 24 heavy (non-hydrogen) atoms. The molecule has 2 fully saturated rings. The van der Waals surface area contributed by atoms with Crippen LogP contribution in [-0.2, 0) is 24.7 Å². The van der Waals surface area contributed by atoms with Crippen LogP contribution < -0.4 is 0 Å². The van der Waals surface area contributed by atoms with E-state index in [4.69, 9.17) is 14.4 Å². The Balaban J connectivity index is 2.07. The smallest absolute Gasteiger partial charge is 0.275 e. The lowest BCUT2D eigenvalue weighted by molar-refractivity contribution is -0.182. The largest absolute Gasteiger partial charge is 0.365 e. The predicted molar refractivity (Wildman–Crippen MR) is 86.8 cm³/mol. The summed E-state index contributed by atoms with van der Waals surface area (Å²) in [6.45, 7) is 4.05. The van der Waals surface area contributed by atoms with Crippen molar-refractivity contribution in [3.05, 3.63) is 46.8 Å². The second-order valence-corrected chi connectivity index (χ2v) is 6.62. The van der Waals surface area contributed by atoms with E-state index in [1.165, 1.54) is 31.5 Å². The van der Waals surface area contributed by atoms with Gasteiger partial charge in [0.25, 0.3) is 5.91 Å². The average Bonchev–Trinajstić information content (AvgIpc) is 3.12. The van der Waals surface area contributed by atoms with Gasteiger partial charge in [0.2, 0.25) is 0 Å². The first-order valence-corrected chi connectivity index (χ1v) is 8.18. The topological polar surface area (TPSA) is 51.2 Å². The van der Waals surface area contributed by atoms with Gasteiger partial charge in [-0.2, -0.15) is 0 Å². The fraction of sp³-hybridized carbons (Fsp3) is 0.438. The van der Waals surface area contributed by atoms with Crippen molar-refractivity contribution >= 4 is 21.8 Å². The Morgan fingerprint density at radius 2 is 2.38 bits per heavy atom. The summed E-state index contributed by atoms with van der Waals surface area (Å²) in [7, 11) is 2.90. The van der Waals surface area contributed by atoms with Crippen LogP contribution in [0.15, 0.2) is 35.5 Å². The van der Waals surface area contributed by atoms with Gasteiger partial charge in [0.15, 0.2) is 0 Å². The van der Waals surface area contributed by atoms with Crippen molar-refractivity contribution in [3.63, 3.8) is 0 Å². The number of likely N-dealkylation sites (N-methyl/N-ethyl adjacent to an activating group) is 1. The summed E-state index contributed by atoms with van der Waals surface area (Å²) >= 11 is 3.37. The van der Waals surface area contributed by atoms with E-state index in [0.717, 1.165) is 9.54 Å². The van der Waals surface area contributed by atoms with E-state index in [-0.39, 0.29) is 19.1 Å². The third kappa shape index (κ3) is 2.45. The first-order chi connectivity index (χ1) is 11.5. The zero-order valence-corrected chi connectivity index (χ0v) is 15.0. The van der Waals surface area contributed by atoms with Crippen LogP contribution in [0.2, 0.25) is 0 Å². The Morgan fingerprint density at radius 3 is 3.04 bits per heavy atom. The Hall–Kier alpha value is -1.48. The second-order valence-electron chi connectivity index (χ2n) is 5.71. The van der Waals surface area contributed by atoms with Crippen LogP contribution in [0.4, 0.5) is 4.39 Å². The van der Waals surface area contributed by atoms with Crippen LogP contribution in [0.25, 0.3) is 0 Å². The summed E-state index contributed by atoms with van der Waals surface area (Å²) in [6, 6.07) is 4.68. The molecular weight excluding hydrogens is 383 g/mol. The minimum absolute atomic E-state index is 0.102. The molecule has 1 aromatic carbocycles. The number of ether oxygens (including phenoxy) is 1. The number of benzene rings is 1. The highest BCUT2D eigenvalue weighted by Gasteiger charge is 2.62. The van der Waals surface area contributed by atoms with Crippen molar-refractivity contribution in [3.8, 4) is 0 Å². The standard InChI is InChI=1S/C16H18BrFN2O4/c1-4-20-16(11-7-10(17)5-6-13(11)18)9-23-14(12(16)8-24-20)15(21)19(2)22-3/h4-7,12,14H,1,8-9H2,2-3H3/t12-,14+,16-/m1/s1. The molecule has 1 amide bonds. The Bertz CT molecular complexity index is 673. The van der Waals surface area contributed by atoms with Gasteiger partial charge in [0.1, 0.15) is 17.5 Å². The van der Waals surface area contributed by atoms with Crippen molar-refractivity contribution in [2.24, 2.45) is 5.92 Å². The number of nitrogens with zero attached hydrogens (tertiary/aromatic N) is 2. The fourth-order valence-corrected chi connectivity index (χ4v) is 3.73. The Kier molecular flexibility index (Phi) is 4.65. The minimum Gasteiger partial charge on any atom is -0.365 e. The number of carbonyl (C=O) groups excluding carboxylic acids is 1. The zero-order valence-electron chi connectivity index (χ0n) is 13.4. The van der Waals surface area contributed by atoms with E-state index in [0.29, 0.717) is 5.56 Å². The number of amides is 1. The molecule has 0 radical (unpaired) electrons. The summed E-state index contributed by atoms with van der Waals surface area (Å²) in [6.07, 6.45) is 0.689. The van der Waals surface area contributed by atoms with Gasteiger partial charge < -0.3 is 4.74 Å². The molecule has 0 aromatic heterocycles. The first-order valence-electron chi connectivity index (χ1n) is 7.39. The van der Waals surface area contributed by atoms with Crippen molar-refractivity contribution in [2.45, 2.75) is 11.6 Å². The molecule has 6 nitrogen and oxygen atoms in total. The third-order valence-electron chi connectivity index (χ3n) is 4.64. The molecule has 0 N–H and O–H groups in total. The molecule has 8 heteroatoms. The molecular formula is C16H18BrFN2O4. The van der Waals surface area contributed by atoms with Crippen molar-refractivity contribution in [1.29, 1.82) is 0 Å². The molecule has 2 aliphatic rings. The highest BCUT2D eigenvalue weighted by Crippen LogP contribution is 2.50. The molecule has 0 spiro atoms. The molecule has 2 aliphatic heterocycles. The summed E-state index contributed by atoms with van der Waals surface area (Å²) in [5, 5.41) is 2.59. The molecule has 3 rings (SSSR count). The average molecular weight is 401 g/mol. The van der Waals surface area contributed by atoms with Gasteiger partial charge in [-0.05, 0) is 18.2 Å². The summed E-state index contributed by atoms with van der Waals surface area (Å²) in [4.78, 5) is 23.1. The predicted octanol–water partition coefficient (Wildman–Crippen LogP) is 2.21. The zero-order chi connectivity index (χ0) is 17.5. The van der Waals surface area contributed by atoms with Gasteiger partial charge in [0, 0.05) is 23.3 Å². The van der Waals surface area contributed by atoms with E-state index in [2.05, 4.69) is 22.5 Å². The van der Waals surface area contributed by atoms with Crippen LogP contribution >= 0.6 is 15.9 Å². The maximum absolute atomic E-state index is 14.6. The van der Waals surface area contributed by atoms with Crippen LogP contribution in [0.5, 0.6) is 0 Å². The van der Waals surface area contributed by atoms with Crippen LogP contribution in [0.1, 0.15) is 5.56 Å². The van der Waals surface area contributed by atoms with Gasteiger partial charge >= 0.3 is 0 Å². The molecule has 0 aliphatic carbocycles.